The number of benzene rings is 1. The van der Waals surface area contributed by atoms with Gasteiger partial charge in [-0.25, -0.2) is 0 Å². The van der Waals surface area contributed by atoms with Gasteiger partial charge in [0.15, 0.2) is 11.3 Å². The Bertz CT molecular complexity index is 786. The number of ketones is 1. The number of carbonyl (C=O) groups is 1. The molecule has 0 fully saturated rings. The normalized spacial score (nSPS) is 11.1. The van der Waals surface area contributed by atoms with Crippen LogP contribution in [-0.4, -0.2) is 5.78 Å². The monoisotopic (exact) mass is 310 g/mol. The van der Waals surface area contributed by atoms with Gasteiger partial charge in [-0.1, -0.05) is 23.2 Å². The molecular weight excluding hydrogens is 303 g/mol. The highest BCUT2D eigenvalue weighted by Gasteiger charge is 2.19. The Morgan fingerprint density at radius 1 is 1.26 bits per heavy atom. The Labute approximate surface area is 123 Å². The summed E-state index contributed by atoms with van der Waals surface area (Å²) in [5.74, 6) is 0.153. The minimum atomic E-state index is -0.129. The van der Waals surface area contributed by atoms with E-state index >= 15 is 0 Å². The molecule has 1 aromatic carbocycles. The van der Waals surface area contributed by atoms with Gasteiger partial charge in [-0.2, -0.15) is 0 Å². The van der Waals surface area contributed by atoms with E-state index in [0.29, 0.717) is 20.5 Å². The van der Waals surface area contributed by atoms with E-state index in [4.69, 9.17) is 27.6 Å². The molecule has 0 saturated heterocycles. The van der Waals surface area contributed by atoms with Crippen molar-refractivity contribution in [2.24, 2.45) is 0 Å². The molecule has 3 rings (SSSR count). The molecule has 0 radical (unpaired) electrons. The maximum absolute atomic E-state index is 12.3. The zero-order chi connectivity index (χ0) is 13.6. The highest BCUT2D eigenvalue weighted by molar-refractivity contribution is 7.12. The Kier molecular flexibility index (Phi) is 3.13. The molecule has 5 heteroatoms. The summed E-state index contributed by atoms with van der Waals surface area (Å²) in [5, 5.41) is 3.54. The summed E-state index contributed by atoms with van der Waals surface area (Å²) in [4.78, 5) is 13.0. The lowest BCUT2D eigenvalue weighted by Crippen LogP contribution is -1.97. The number of rotatable bonds is 2. The average Bonchev–Trinajstić information content (AvgIpc) is 2.94. The zero-order valence-corrected chi connectivity index (χ0v) is 12.2. The Hall–Kier alpha value is -1.29. The number of thiophene rings is 1. The summed E-state index contributed by atoms with van der Waals surface area (Å²) in [5.41, 5.74) is 1.43. The molecule has 2 aromatic heterocycles. The molecule has 3 aromatic rings. The molecule has 19 heavy (non-hydrogen) atoms. The standard InChI is InChI=1S/C14H8Cl2O2S/c1-7-2-3-19-14(7)12(17)11-5-8-4-9(15)6-10(16)13(8)18-11/h2-6H,1H3. The van der Waals surface area contributed by atoms with Crippen molar-refractivity contribution in [2.45, 2.75) is 6.92 Å². The number of hydrogen-bond donors (Lipinski definition) is 0. The van der Waals surface area contributed by atoms with Crippen LogP contribution in [0.25, 0.3) is 11.0 Å². The fourth-order valence-corrected chi connectivity index (χ4v) is 3.32. The van der Waals surface area contributed by atoms with Gasteiger partial charge in [0.25, 0.3) is 0 Å². The molecule has 0 saturated carbocycles. The fraction of sp³-hybridized carbons (Fsp3) is 0.0714. The van der Waals surface area contributed by atoms with Crippen LogP contribution in [0.4, 0.5) is 0 Å². The third kappa shape index (κ3) is 2.18. The van der Waals surface area contributed by atoms with Crippen molar-refractivity contribution in [2.75, 3.05) is 0 Å². The van der Waals surface area contributed by atoms with E-state index in [1.807, 2.05) is 18.4 Å². The smallest absolute Gasteiger partial charge is 0.238 e. The van der Waals surface area contributed by atoms with Gasteiger partial charge in [0.2, 0.25) is 5.78 Å². The predicted octanol–water partition coefficient (Wildman–Crippen LogP) is 5.34. The number of furan rings is 1. The highest BCUT2D eigenvalue weighted by atomic mass is 35.5. The van der Waals surface area contributed by atoms with E-state index in [-0.39, 0.29) is 11.5 Å². The van der Waals surface area contributed by atoms with Gasteiger partial charge in [-0.15, -0.1) is 11.3 Å². The number of aryl methyl sites for hydroxylation is 1. The lowest BCUT2D eigenvalue weighted by atomic mass is 10.2. The van der Waals surface area contributed by atoms with Crippen LogP contribution in [0.1, 0.15) is 21.0 Å². The van der Waals surface area contributed by atoms with Crippen molar-refractivity contribution in [3.05, 3.63) is 55.9 Å². The predicted molar refractivity (Wildman–Crippen MR) is 78.7 cm³/mol. The largest absolute Gasteiger partial charge is 0.451 e. The van der Waals surface area contributed by atoms with E-state index in [0.717, 1.165) is 10.9 Å². The molecular formula is C14H8Cl2O2S. The molecule has 2 nitrogen and oxygen atoms in total. The Balaban J connectivity index is 2.14. The van der Waals surface area contributed by atoms with E-state index in [9.17, 15) is 4.79 Å². The molecule has 0 aliphatic carbocycles. The SMILES string of the molecule is Cc1ccsc1C(=O)c1cc2cc(Cl)cc(Cl)c2o1. The van der Waals surface area contributed by atoms with Crippen molar-refractivity contribution < 1.29 is 9.21 Å². The molecule has 2 heterocycles. The first-order valence-electron chi connectivity index (χ1n) is 5.53. The summed E-state index contributed by atoms with van der Waals surface area (Å²) in [7, 11) is 0. The van der Waals surface area contributed by atoms with Crippen LogP contribution in [0.5, 0.6) is 0 Å². The Morgan fingerprint density at radius 3 is 2.74 bits per heavy atom. The highest BCUT2D eigenvalue weighted by Crippen LogP contribution is 2.32. The second-order valence-corrected chi connectivity index (χ2v) is 5.94. The van der Waals surface area contributed by atoms with Gasteiger partial charge in [0, 0.05) is 10.4 Å². The number of carbonyl (C=O) groups excluding carboxylic acids is 1. The first kappa shape index (κ1) is 12.7. The van der Waals surface area contributed by atoms with Crippen molar-refractivity contribution in [3.63, 3.8) is 0 Å². The number of hydrogen-bond acceptors (Lipinski definition) is 3. The molecule has 0 amide bonds. The quantitative estimate of drug-likeness (QED) is 0.598. The topological polar surface area (TPSA) is 30.2 Å². The summed E-state index contributed by atoms with van der Waals surface area (Å²) in [6.07, 6.45) is 0. The summed E-state index contributed by atoms with van der Waals surface area (Å²) >= 11 is 13.4. The van der Waals surface area contributed by atoms with Crippen LogP contribution >= 0.6 is 34.5 Å². The van der Waals surface area contributed by atoms with Crippen LogP contribution in [0.2, 0.25) is 10.0 Å². The van der Waals surface area contributed by atoms with Crippen molar-refractivity contribution >= 4 is 51.3 Å². The molecule has 96 valence electrons. The van der Waals surface area contributed by atoms with Crippen molar-refractivity contribution in [1.29, 1.82) is 0 Å². The molecule has 0 aliphatic heterocycles. The second-order valence-electron chi connectivity index (χ2n) is 4.18. The molecule has 0 aliphatic rings. The third-order valence-electron chi connectivity index (χ3n) is 2.83. The second kappa shape index (κ2) is 4.67. The van der Waals surface area contributed by atoms with Crippen molar-refractivity contribution in [3.8, 4) is 0 Å². The van der Waals surface area contributed by atoms with Gasteiger partial charge < -0.3 is 4.42 Å². The number of fused-ring (bicyclic) bond motifs is 1. The summed E-state index contributed by atoms with van der Waals surface area (Å²) in [6.45, 7) is 1.90. The van der Waals surface area contributed by atoms with E-state index in [1.54, 1.807) is 18.2 Å². The van der Waals surface area contributed by atoms with E-state index < -0.39 is 0 Å². The van der Waals surface area contributed by atoms with Gasteiger partial charge in [-0.05, 0) is 42.1 Å². The summed E-state index contributed by atoms with van der Waals surface area (Å²) < 4.78 is 5.56. The molecule has 0 atom stereocenters. The molecule has 0 unspecified atom stereocenters. The molecule has 0 spiro atoms. The third-order valence-corrected chi connectivity index (χ3v) is 4.34. The zero-order valence-electron chi connectivity index (χ0n) is 9.87. The maximum Gasteiger partial charge on any atom is 0.238 e. The van der Waals surface area contributed by atoms with E-state index in [1.165, 1.54) is 11.3 Å². The lowest BCUT2D eigenvalue weighted by molar-refractivity contribution is 0.101. The van der Waals surface area contributed by atoms with Gasteiger partial charge in [0.05, 0.1) is 9.90 Å². The average molecular weight is 311 g/mol. The lowest BCUT2D eigenvalue weighted by Gasteiger charge is -1.95. The first-order chi connectivity index (χ1) is 9.06. The van der Waals surface area contributed by atoms with Crippen LogP contribution < -0.4 is 0 Å². The van der Waals surface area contributed by atoms with Crippen LogP contribution in [0, 0.1) is 6.92 Å². The summed E-state index contributed by atoms with van der Waals surface area (Å²) in [6, 6.07) is 6.91. The van der Waals surface area contributed by atoms with Gasteiger partial charge in [0.1, 0.15) is 0 Å². The Morgan fingerprint density at radius 2 is 2.05 bits per heavy atom. The van der Waals surface area contributed by atoms with Gasteiger partial charge in [-0.3, -0.25) is 4.79 Å². The maximum atomic E-state index is 12.3. The molecule has 0 N–H and O–H groups in total. The van der Waals surface area contributed by atoms with Crippen LogP contribution in [0.3, 0.4) is 0 Å². The molecule has 0 bridgehead atoms. The fourth-order valence-electron chi connectivity index (χ4n) is 1.90. The number of halogens is 2. The van der Waals surface area contributed by atoms with E-state index in [2.05, 4.69) is 0 Å². The van der Waals surface area contributed by atoms with Crippen LogP contribution in [0.15, 0.2) is 34.1 Å². The first-order valence-corrected chi connectivity index (χ1v) is 7.17. The van der Waals surface area contributed by atoms with Gasteiger partial charge >= 0.3 is 0 Å². The van der Waals surface area contributed by atoms with Crippen LogP contribution in [-0.2, 0) is 0 Å². The minimum absolute atomic E-state index is 0.129. The van der Waals surface area contributed by atoms with Crippen molar-refractivity contribution in [1.82, 2.24) is 0 Å². The minimum Gasteiger partial charge on any atom is -0.451 e.